The molecule has 3 rings (SSSR count). The van der Waals surface area contributed by atoms with E-state index in [1.54, 1.807) is 14.0 Å². The average Bonchev–Trinajstić information content (AvgIpc) is 3.01. The van der Waals surface area contributed by atoms with Crippen molar-refractivity contribution in [2.45, 2.75) is 46.1 Å². The fourth-order valence-electron chi connectivity index (χ4n) is 3.35. The largest absolute Gasteiger partial charge is 0.448 e. The Labute approximate surface area is 174 Å². The Morgan fingerprint density at radius 2 is 1.97 bits per heavy atom. The predicted molar refractivity (Wildman–Crippen MR) is 115 cm³/mol. The maximum atomic E-state index is 12.6. The van der Waals surface area contributed by atoms with Gasteiger partial charge in [0, 0.05) is 18.8 Å². The van der Waals surface area contributed by atoms with Gasteiger partial charge in [0.25, 0.3) is 5.91 Å². The highest BCUT2D eigenvalue weighted by molar-refractivity contribution is 5.98. The lowest BCUT2D eigenvalue weighted by atomic mass is 9.97. The Morgan fingerprint density at radius 3 is 2.67 bits per heavy atom. The molecule has 30 heavy (non-hydrogen) atoms. The molecule has 0 saturated carbocycles. The molecule has 0 aliphatic rings. The number of nitrogens with zero attached hydrogens (tertiary/aromatic N) is 2. The second kappa shape index (κ2) is 8.52. The molecule has 158 valence electrons. The molecule has 0 aliphatic heterocycles. The quantitative estimate of drug-likeness (QED) is 0.607. The summed E-state index contributed by atoms with van der Waals surface area (Å²) in [7, 11) is 1.67. The SMILES string of the molecule is CC[C@@H](C)c1ccccc1NC(=O)[C@@H](C)OC(=O)c1cc(=O)c2c(C)nn(C)c2[nH]1. The number of fused-ring (bicyclic) bond motifs is 1. The number of pyridine rings is 1. The number of benzene rings is 1. The summed E-state index contributed by atoms with van der Waals surface area (Å²) < 4.78 is 6.79. The number of aromatic nitrogens is 3. The topological polar surface area (TPSA) is 106 Å². The molecule has 0 bridgehead atoms. The van der Waals surface area contributed by atoms with E-state index in [2.05, 4.69) is 29.2 Å². The van der Waals surface area contributed by atoms with E-state index in [-0.39, 0.29) is 17.0 Å². The minimum Gasteiger partial charge on any atom is -0.448 e. The lowest BCUT2D eigenvalue weighted by Gasteiger charge is -2.18. The van der Waals surface area contributed by atoms with Crippen LogP contribution in [0.2, 0.25) is 0 Å². The summed E-state index contributed by atoms with van der Waals surface area (Å²) in [6.45, 7) is 7.37. The standard InChI is InChI=1S/C22H26N4O4/c1-6-12(2)15-9-7-8-10-16(15)24-21(28)14(4)30-22(29)17-11-18(27)19-13(3)25-26(5)20(19)23-17/h7-12,14H,6H2,1-5H3,(H,23,27)(H,24,28)/t12-,14-/m1/s1. The maximum Gasteiger partial charge on any atom is 0.355 e. The molecule has 2 heterocycles. The summed E-state index contributed by atoms with van der Waals surface area (Å²) in [5.41, 5.74) is 2.34. The van der Waals surface area contributed by atoms with Gasteiger partial charge in [0.1, 0.15) is 11.3 Å². The van der Waals surface area contributed by atoms with Gasteiger partial charge in [-0.3, -0.25) is 14.3 Å². The lowest BCUT2D eigenvalue weighted by molar-refractivity contribution is -0.123. The first-order valence-corrected chi connectivity index (χ1v) is 9.90. The molecule has 2 aromatic heterocycles. The number of esters is 1. The number of anilines is 1. The molecule has 0 aliphatic carbocycles. The zero-order valence-electron chi connectivity index (χ0n) is 17.8. The fraction of sp³-hybridized carbons (Fsp3) is 0.364. The predicted octanol–water partition coefficient (Wildman–Crippen LogP) is 3.27. The number of carbonyl (C=O) groups is 2. The molecule has 1 aromatic carbocycles. The molecule has 1 amide bonds. The zero-order valence-corrected chi connectivity index (χ0v) is 17.8. The summed E-state index contributed by atoms with van der Waals surface area (Å²) in [4.78, 5) is 40.4. The smallest absolute Gasteiger partial charge is 0.355 e. The van der Waals surface area contributed by atoms with Crippen molar-refractivity contribution in [1.29, 1.82) is 0 Å². The number of amides is 1. The highest BCUT2D eigenvalue weighted by Gasteiger charge is 2.22. The van der Waals surface area contributed by atoms with Gasteiger partial charge in [-0.2, -0.15) is 5.10 Å². The van der Waals surface area contributed by atoms with Crippen molar-refractivity contribution in [3.63, 3.8) is 0 Å². The average molecular weight is 410 g/mol. The number of hydrogen-bond donors (Lipinski definition) is 2. The molecule has 3 aromatic rings. The van der Waals surface area contributed by atoms with Crippen molar-refractivity contribution >= 4 is 28.6 Å². The summed E-state index contributed by atoms with van der Waals surface area (Å²) in [5.74, 6) is -0.955. The van der Waals surface area contributed by atoms with Crippen molar-refractivity contribution in [2.75, 3.05) is 5.32 Å². The van der Waals surface area contributed by atoms with Crippen LogP contribution in [0.4, 0.5) is 5.69 Å². The van der Waals surface area contributed by atoms with Gasteiger partial charge in [0.05, 0.1) is 11.1 Å². The van der Waals surface area contributed by atoms with Gasteiger partial charge < -0.3 is 15.0 Å². The minimum absolute atomic E-state index is 0.0323. The Balaban J connectivity index is 1.76. The molecule has 8 nitrogen and oxygen atoms in total. The number of nitrogens with one attached hydrogen (secondary N) is 2. The number of hydrogen-bond acceptors (Lipinski definition) is 5. The Hall–Kier alpha value is -3.42. The Bertz CT molecular complexity index is 1160. The first-order valence-electron chi connectivity index (χ1n) is 9.90. The van der Waals surface area contributed by atoms with Crippen LogP contribution in [0.15, 0.2) is 35.1 Å². The fourth-order valence-corrected chi connectivity index (χ4v) is 3.35. The highest BCUT2D eigenvalue weighted by Crippen LogP contribution is 2.26. The van der Waals surface area contributed by atoms with Crippen molar-refractivity contribution in [1.82, 2.24) is 14.8 Å². The van der Waals surface area contributed by atoms with E-state index < -0.39 is 18.0 Å². The van der Waals surface area contributed by atoms with Gasteiger partial charge in [-0.15, -0.1) is 0 Å². The third kappa shape index (κ3) is 4.12. The summed E-state index contributed by atoms with van der Waals surface area (Å²) in [6, 6.07) is 8.73. The first kappa shape index (κ1) is 21.3. The van der Waals surface area contributed by atoms with Crippen LogP contribution in [0, 0.1) is 6.92 Å². The molecule has 0 saturated heterocycles. The van der Waals surface area contributed by atoms with Crippen LogP contribution in [-0.4, -0.2) is 32.7 Å². The maximum absolute atomic E-state index is 12.6. The van der Waals surface area contributed by atoms with Crippen LogP contribution in [0.5, 0.6) is 0 Å². The minimum atomic E-state index is -1.05. The number of aryl methyl sites for hydroxylation is 2. The number of para-hydroxylation sites is 1. The second-order valence-electron chi connectivity index (χ2n) is 7.41. The van der Waals surface area contributed by atoms with E-state index in [4.69, 9.17) is 4.74 Å². The number of aromatic amines is 1. The zero-order chi connectivity index (χ0) is 22.0. The molecule has 0 radical (unpaired) electrons. The van der Waals surface area contributed by atoms with Crippen LogP contribution in [0.1, 0.15) is 54.9 Å². The van der Waals surface area contributed by atoms with Crippen molar-refractivity contribution < 1.29 is 14.3 Å². The van der Waals surface area contributed by atoms with Crippen molar-refractivity contribution in [2.24, 2.45) is 7.05 Å². The first-order chi connectivity index (χ1) is 14.2. The van der Waals surface area contributed by atoms with Gasteiger partial charge in [-0.1, -0.05) is 32.0 Å². The lowest BCUT2D eigenvalue weighted by Crippen LogP contribution is -2.31. The Kier molecular flexibility index (Phi) is 6.05. The summed E-state index contributed by atoms with van der Waals surface area (Å²) in [6.07, 6.45) is -0.115. The molecule has 2 atom stereocenters. The van der Waals surface area contributed by atoms with Crippen LogP contribution in [-0.2, 0) is 16.6 Å². The third-order valence-corrected chi connectivity index (χ3v) is 5.23. The second-order valence-corrected chi connectivity index (χ2v) is 7.41. The molecular formula is C22H26N4O4. The number of carbonyl (C=O) groups excluding carboxylic acids is 2. The molecular weight excluding hydrogens is 384 g/mol. The van der Waals surface area contributed by atoms with E-state index in [1.807, 2.05) is 24.3 Å². The number of ether oxygens (including phenoxy) is 1. The summed E-state index contributed by atoms with van der Waals surface area (Å²) in [5, 5.41) is 7.44. The van der Waals surface area contributed by atoms with E-state index in [1.165, 1.54) is 17.7 Å². The van der Waals surface area contributed by atoms with Crippen molar-refractivity contribution in [3.8, 4) is 0 Å². The van der Waals surface area contributed by atoms with Crippen LogP contribution in [0.3, 0.4) is 0 Å². The molecule has 0 spiro atoms. The van der Waals surface area contributed by atoms with E-state index in [0.29, 0.717) is 22.4 Å². The van der Waals surface area contributed by atoms with Crippen LogP contribution in [0.25, 0.3) is 11.0 Å². The van der Waals surface area contributed by atoms with Crippen LogP contribution < -0.4 is 10.7 Å². The van der Waals surface area contributed by atoms with Gasteiger partial charge in [0.15, 0.2) is 11.5 Å². The highest BCUT2D eigenvalue weighted by atomic mass is 16.5. The van der Waals surface area contributed by atoms with Gasteiger partial charge >= 0.3 is 5.97 Å². The van der Waals surface area contributed by atoms with E-state index >= 15 is 0 Å². The molecule has 0 fully saturated rings. The number of rotatable bonds is 6. The van der Waals surface area contributed by atoms with Gasteiger partial charge in [-0.05, 0) is 37.8 Å². The third-order valence-electron chi connectivity index (χ3n) is 5.23. The van der Waals surface area contributed by atoms with E-state index in [9.17, 15) is 14.4 Å². The normalized spacial score (nSPS) is 13.1. The Morgan fingerprint density at radius 1 is 1.27 bits per heavy atom. The van der Waals surface area contributed by atoms with Crippen LogP contribution >= 0.6 is 0 Å². The molecule has 8 heteroatoms. The summed E-state index contributed by atoms with van der Waals surface area (Å²) >= 11 is 0. The van der Waals surface area contributed by atoms with Gasteiger partial charge in [-0.25, -0.2) is 4.79 Å². The molecule has 2 N–H and O–H groups in total. The van der Waals surface area contributed by atoms with Gasteiger partial charge in [0.2, 0.25) is 0 Å². The van der Waals surface area contributed by atoms with Crippen molar-refractivity contribution in [3.05, 3.63) is 57.5 Å². The number of H-pyrrole nitrogens is 1. The monoisotopic (exact) mass is 410 g/mol. The van der Waals surface area contributed by atoms with E-state index in [0.717, 1.165) is 12.0 Å². The molecule has 0 unspecified atom stereocenters.